The van der Waals surface area contributed by atoms with Gasteiger partial charge in [0.05, 0.1) is 12.2 Å². The summed E-state index contributed by atoms with van der Waals surface area (Å²) in [7, 11) is 0. The van der Waals surface area contributed by atoms with E-state index >= 15 is 0 Å². The summed E-state index contributed by atoms with van der Waals surface area (Å²) in [6.45, 7) is 1.98. The number of hydrogen-bond donors (Lipinski definition) is 0. The average Bonchev–Trinajstić information content (AvgIpc) is 2.36. The molecule has 0 amide bonds. The van der Waals surface area contributed by atoms with Crippen LogP contribution in [0, 0.1) is 0 Å². The van der Waals surface area contributed by atoms with Gasteiger partial charge in [-0.3, -0.25) is 9.59 Å². The molecule has 0 N–H and O–H groups in total. The van der Waals surface area contributed by atoms with Gasteiger partial charge in [0.25, 0.3) is 0 Å². The molecule has 0 unspecified atom stereocenters. The van der Waals surface area contributed by atoms with Gasteiger partial charge in [-0.1, -0.05) is 12.1 Å². The zero-order chi connectivity index (χ0) is 12.7. The highest BCUT2D eigenvalue weighted by Crippen LogP contribution is 2.30. The molecule has 3 rings (SSSR count). The molecule has 0 aromatic heterocycles. The number of benzene rings is 2. The van der Waals surface area contributed by atoms with Crippen LogP contribution in [0.1, 0.15) is 34.1 Å². The monoisotopic (exact) mass is 240 g/mol. The third-order valence-electron chi connectivity index (χ3n) is 3.23. The molecule has 0 fully saturated rings. The molecule has 1 aliphatic heterocycles. The van der Waals surface area contributed by atoms with Crippen LogP contribution in [0.4, 0.5) is 0 Å². The maximum atomic E-state index is 11.8. The summed E-state index contributed by atoms with van der Waals surface area (Å²) < 4.78 is 5.49. The van der Waals surface area contributed by atoms with E-state index in [4.69, 9.17) is 4.74 Å². The molecule has 0 bridgehead atoms. The van der Waals surface area contributed by atoms with E-state index in [1.54, 1.807) is 6.07 Å². The van der Waals surface area contributed by atoms with E-state index in [2.05, 4.69) is 0 Å². The number of carbonyl (C=O) groups excluding carboxylic acids is 2. The first-order chi connectivity index (χ1) is 8.65. The highest BCUT2D eigenvalue weighted by atomic mass is 16.5. The van der Waals surface area contributed by atoms with Crippen molar-refractivity contribution in [3.05, 3.63) is 41.5 Å². The maximum absolute atomic E-state index is 11.8. The Morgan fingerprint density at radius 1 is 1.17 bits per heavy atom. The van der Waals surface area contributed by atoms with E-state index < -0.39 is 0 Å². The number of ketones is 2. The molecule has 0 radical (unpaired) electrons. The fraction of sp³-hybridized carbons (Fsp3) is 0.200. The minimum atomic E-state index is 0.0252. The molecule has 3 nitrogen and oxygen atoms in total. The van der Waals surface area contributed by atoms with Crippen LogP contribution in [0.25, 0.3) is 10.8 Å². The lowest BCUT2D eigenvalue weighted by molar-refractivity contribution is 0.0933. The SMILES string of the molecule is CC(=O)c1ccc2cc3c(cc2c1)C(=O)CCO3. The summed E-state index contributed by atoms with van der Waals surface area (Å²) in [5.41, 5.74) is 1.28. The Morgan fingerprint density at radius 3 is 2.78 bits per heavy atom. The molecular formula is C15H12O3. The predicted octanol–water partition coefficient (Wildman–Crippen LogP) is 3.01. The zero-order valence-corrected chi connectivity index (χ0v) is 10.0. The van der Waals surface area contributed by atoms with E-state index in [9.17, 15) is 9.59 Å². The van der Waals surface area contributed by atoms with Gasteiger partial charge in [-0.25, -0.2) is 0 Å². The summed E-state index contributed by atoms with van der Waals surface area (Å²) in [6, 6.07) is 9.18. The van der Waals surface area contributed by atoms with Gasteiger partial charge in [0.1, 0.15) is 5.75 Å². The van der Waals surface area contributed by atoms with Crippen LogP contribution in [0.3, 0.4) is 0 Å². The maximum Gasteiger partial charge on any atom is 0.170 e. The second-order valence-corrected chi connectivity index (χ2v) is 4.49. The van der Waals surface area contributed by atoms with Gasteiger partial charge in [-0.05, 0) is 35.9 Å². The normalized spacial score (nSPS) is 14.2. The van der Waals surface area contributed by atoms with Gasteiger partial charge in [0.15, 0.2) is 11.6 Å². The van der Waals surface area contributed by atoms with E-state index in [1.807, 2.05) is 24.3 Å². The molecule has 3 heteroatoms. The highest BCUT2D eigenvalue weighted by Gasteiger charge is 2.19. The van der Waals surface area contributed by atoms with Gasteiger partial charge < -0.3 is 4.74 Å². The van der Waals surface area contributed by atoms with Gasteiger partial charge in [-0.2, -0.15) is 0 Å². The molecule has 0 saturated carbocycles. The number of hydrogen-bond acceptors (Lipinski definition) is 3. The molecular weight excluding hydrogens is 228 g/mol. The van der Waals surface area contributed by atoms with Crippen molar-refractivity contribution in [3.63, 3.8) is 0 Å². The number of rotatable bonds is 1. The van der Waals surface area contributed by atoms with E-state index in [0.717, 1.165) is 10.8 Å². The van der Waals surface area contributed by atoms with Crippen molar-refractivity contribution in [2.45, 2.75) is 13.3 Å². The first kappa shape index (κ1) is 11.0. The second kappa shape index (κ2) is 3.95. The molecule has 2 aromatic rings. The molecule has 2 aromatic carbocycles. The first-order valence-corrected chi connectivity index (χ1v) is 5.90. The van der Waals surface area contributed by atoms with Crippen LogP contribution in [-0.2, 0) is 0 Å². The van der Waals surface area contributed by atoms with Crippen molar-refractivity contribution in [1.82, 2.24) is 0 Å². The Balaban J connectivity index is 2.24. The molecule has 1 aliphatic rings. The average molecular weight is 240 g/mol. The van der Waals surface area contributed by atoms with Crippen LogP contribution in [-0.4, -0.2) is 18.2 Å². The van der Waals surface area contributed by atoms with Crippen molar-refractivity contribution in [2.75, 3.05) is 6.61 Å². The Hall–Kier alpha value is -2.16. The van der Waals surface area contributed by atoms with Crippen molar-refractivity contribution in [3.8, 4) is 5.75 Å². The molecule has 0 aliphatic carbocycles. The standard InChI is InChI=1S/C15H12O3/c1-9(16)10-2-3-11-8-15-13(7-12(11)6-10)14(17)4-5-18-15/h2-3,6-8H,4-5H2,1H3. The second-order valence-electron chi connectivity index (χ2n) is 4.49. The van der Waals surface area contributed by atoms with Gasteiger partial charge >= 0.3 is 0 Å². The van der Waals surface area contributed by atoms with Crippen molar-refractivity contribution in [1.29, 1.82) is 0 Å². The van der Waals surface area contributed by atoms with E-state index in [0.29, 0.717) is 29.9 Å². The Kier molecular flexibility index (Phi) is 2.40. The quantitative estimate of drug-likeness (QED) is 0.720. The van der Waals surface area contributed by atoms with Crippen LogP contribution in [0.2, 0.25) is 0 Å². The zero-order valence-electron chi connectivity index (χ0n) is 10.0. The summed E-state index contributed by atoms with van der Waals surface area (Å²) in [6.07, 6.45) is 0.422. The van der Waals surface area contributed by atoms with Gasteiger partial charge in [0, 0.05) is 12.0 Å². The molecule has 90 valence electrons. The lowest BCUT2D eigenvalue weighted by atomic mass is 9.98. The topological polar surface area (TPSA) is 43.4 Å². The van der Waals surface area contributed by atoms with Crippen LogP contribution >= 0.6 is 0 Å². The predicted molar refractivity (Wildman–Crippen MR) is 68.4 cm³/mol. The number of ether oxygens (including phenoxy) is 1. The summed E-state index contributed by atoms with van der Waals surface area (Å²) >= 11 is 0. The fourth-order valence-electron chi connectivity index (χ4n) is 2.22. The third-order valence-corrected chi connectivity index (χ3v) is 3.23. The van der Waals surface area contributed by atoms with Crippen molar-refractivity contribution in [2.24, 2.45) is 0 Å². The summed E-state index contributed by atoms with van der Waals surface area (Å²) in [5, 5.41) is 1.88. The first-order valence-electron chi connectivity index (χ1n) is 5.90. The van der Waals surface area contributed by atoms with Crippen LogP contribution in [0.5, 0.6) is 5.75 Å². The number of Topliss-reactive ketones (excluding diaryl/α,β-unsaturated/α-hetero) is 2. The number of fused-ring (bicyclic) bond motifs is 2. The van der Waals surface area contributed by atoms with E-state index in [1.165, 1.54) is 6.92 Å². The minimum absolute atomic E-state index is 0.0252. The fourth-order valence-corrected chi connectivity index (χ4v) is 2.22. The lowest BCUT2D eigenvalue weighted by Gasteiger charge is -2.17. The Bertz CT molecular complexity index is 671. The lowest BCUT2D eigenvalue weighted by Crippen LogP contribution is -2.15. The largest absolute Gasteiger partial charge is 0.492 e. The van der Waals surface area contributed by atoms with Gasteiger partial charge in [-0.15, -0.1) is 0 Å². The molecule has 0 saturated heterocycles. The Morgan fingerprint density at radius 2 is 2.00 bits per heavy atom. The molecule has 0 spiro atoms. The Labute approximate surface area is 104 Å². The summed E-state index contributed by atoms with van der Waals surface area (Å²) in [4.78, 5) is 23.2. The minimum Gasteiger partial charge on any atom is -0.492 e. The van der Waals surface area contributed by atoms with Crippen molar-refractivity contribution < 1.29 is 14.3 Å². The van der Waals surface area contributed by atoms with Crippen molar-refractivity contribution >= 4 is 22.3 Å². The smallest absolute Gasteiger partial charge is 0.170 e. The van der Waals surface area contributed by atoms with Crippen LogP contribution < -0.4 is 4.74 Å². The number of carbonyl (C=O) groups is 2. The molecule has 1 heterocycles. The molecule has 18 heavy (non-hydrogen) atoms. The highest BCUT2D eigenvalue weighted by molar-refractivity contribution is 6.05. The van der Waals surface area contributed by atoms with Gasteiger partial charge in [0.2, 0.25) is 0 Å². The summed E-state index contributed by atoms with van der Waals surface area (Å²) in [5.74, 6) is 0.776. The van der Waals surface area contributed by atoms with Crippen LogP contribution in [0.15, 0.2) is 30.3 Å². The molecule has 0 atom stereocenters. The van der Waals surface area contributed by atoms with E-state index in [-0.39, 0.29) is 11.6 Å². The third kappa shape index (κ3) is 1.68.